The molecule has 92 valence electrons. The zero-order chi connectivity index (χ0) is 12.3. The fraction of sp³-hybridized carbons (Fsp3) is 0.500. The molecule has 0 saturated heterocycles. The molecule has 0 amide bonds. The molecule has 0 aliphatic carbocycles. The quantitative estimate of drug-likeness (QED) is 0.682. The average Bonchev–Trinajstić information content (AvgIpc) is 2.75. The van der Waals surface area contributed by atoms with Crippen molar-refractivity contribution in [2.75, 3.05) is 30.3 Å². The smallest absolute Gasteiger partial charge is 0.224 e. The molecule has 0 spiro atoms. The number of aliphatic hydroxyl groups excluding tert-OH is 1. The lowest BCUT2D eigenvalue weighted by atomic mass is 10.3. The van der Waals surface area contributed by atoms with Crippen LogP contribution in [0.4, 0.5) is 11.8 Å². The largest absolute Gasteiger partial charge is 0.395 e. The number of imidazole rings is 1. The van der Waals surface area contributed by atoms with Crippen LogP contribution in [0.25, 0.3) is 11.2 Å². The summed E-state index contributed by atoms with van der Waals surface area (Å²) in [5, 5.41) is 9.07. The molecule has 17 heavy (non-hydrogen) atoms. The molecule has 2 rings (SSSR count). The topological polar surface area (TPSA) is 104 Å². The van der Waals surface area contributed by atoms with Crippen LogP contribution < -0.4 is 10.6 Å². The van der Waals surface area contributed by atoms with Crippen LogP contribution in [0.3, 0.4) is 0 Å². The highest BCUT2D eigenvalue weighted by molar-refractivity contribution is 5.84. The van der Waals surface area contributed by atoms with E-state index in [2.05, 4.69) is 26.9 Å². The molecule has 0 saturated carbocycles. The van der Waals surface area contributed by atoms with E-state index in [1.165, 1.54) is 0 Å². The molecule has 0 fully saturated rings. The lowest BCUT2D eigenvalue weighted by molar-refractivity contribution is 0.301. The van der Waals surface area contributed by atoms with Gasteiger partial charge in [0, 0.05) is 13.1 Å². The maximum Gasteiger partial charge on any atom is 0.224 e. The highest BCUT2D eigenvalue weighted by Crippen LogP contribution is 2.21. The Bertz CT molecular complexity index is 491. The van der Waals surface area contributed by atoms with E-state index in [1.54, 1.807) is 6.33 Å². The van der Waals surface area contributed by atoms with Crippen LogP contribution in [-0.4, -0.2) is 44.7 Å². The van der Waals surface area contributed by atoms with Gasteiger partial charge in [-0.25, -0.2) is 4.98 Å². The van der Waals surface area contributed by atoms with Gasteiger partial charge in [-0.2, -0.15) is 9.97 Å². The summed E-state index contributed by atoms with van der Waals surface area (Å²) in [5.74, 6) is 0.888. The van der Waals surface area contributed by atoms with Gasteiger partial charge < -0.3 is 20.7 Å². The number of rotatable bonds is 5. The van der Waals surface area contributed by atoms with Gasteiger partial charge in [0.15, 0.2) is 11.5 Å². The van der Waals surface area contributed by atoms with Crippen LogP contribution in [-0.2, 0) is 0 Å². The second-order valence-corrected chi connectivity index (χ2v) is 3.72. The number of hydrogen-bond acceptors (Lipinski definition) is 6. The Kier molecular flexibility index (Phi) is 3.38. The number of aromatic amines is 1. The maximum absolute atomic E-state index is 9.07. The Hall–Kier alpha value is -1.89. The molecule has 0 unspecified atom stereocenters. The van der Waals surface area contributed by atoms with Crippen molar-refractivity contribution in [1.82, 2.24) is 19.9 Å². The summed E-state index contributed by atoms with van der Waals surface area (Å²) in [6, 6.07) is 0. The maximum atomic E-state index is 9.07. The fourth-order valence-electron chi connectivity index (χ4n) is 1.78. The summed E-state index contributed by atoms with van der Waals surface area (Å²) < 4.78 is 0. The zero-order valence-corrected chi connectivity index (χ0v) is 9.72. The Balaban J connectivity index is 2.46. The van der Waals surface area contributed by atoms with Gasteiger partial charge in [-0.15, -0.1) is 0 Å². The van der Waals surface area contributed by atoms with Crippen LogP contribution in [0.2, 0.25) is 0 Å². The van der Waals surface area contributed by atoms with Crippen LogP contribution in [0.5, 0.6) is 0 Å². The number of fused-ring (bicyclic) bond motifs is 1. The number of anilines is 2. The van der Waals surface area contributed by atoms with Crippen LogP contribution in [0.1, 0.15) is 13.3 Å². The lowest BCUT2D eigenvalue weighted by Crippen LogP contribution is -2.29. The zero-order valence-electron chi connectivity index (χ0n) is 9.72. The van der Waals surface area contributed by atoms with Gasteiger partial charge >= 0.3 is 0 Å². The SMILES string of the molecule is CCCN(CCO)c1nc(N)nc2nc[nH]c12. The minimum Gasteiger partial charge on any atom is -0.395 e. The molecule has 2 heterocycles. The highest BCUT2D eigenvalue weighted by Gasteiger charge is 2.14. The second-order valence-electron chi connectivity index (χ2n) is 3.72. The van der Waals surface area contributed by atoms with E-state index in [0.717, 1.165) is 18.5 Å². The average molecular weight is 236 g/mol. The van der Waals surface area contributed by atoms with Gasteiger partial charge in [-0.3, -0.25) is 0 Å². The number of H-pyrrole nitrogens is 1. The first-order valence-corrected chi connectivity index (χ1v) is 5.58. The summed E-state index contributed by atoms with van der Waals surface area (Å²) in [6.45, 7) is 3.45. The normalized spacial score (nSPS) is 10.9. The highest BCUT2D eigenvalue weighted by atomic mass is 16.3. The van der Waals surface area contributed by atoms with E-state index in [0.29, 0.717) is 18.0 Å². The van der Waals surface area contributed by atoms with E-state index in [1.807, 2.05) is 4.90 Å². The Morgan fingerprint density at radius 1 is 1.41 bits per heavy atom. The Labute approximate surface area is 98.7 Å². The summed E-state index contributed by atoms with van der Waals surface area (Å²) in [7, 11) is 0. The van der Waals surface area contributed by atoms with Gasteiger partial charge in [0.05, 0.1) is 12.9 Å². The predicted octanol–water partition coefficient (Wildman–Crippen LogP) is 0.144. The molecule has 0 radical (unpaired) electrons. The Morgan fingerprint density at radius 2 is 2.24 bits per heavy atom. The molecular weight excluding hydrogens is 220 g/mol. The van der Waals surface area contributed by atoms with Crippen molar-refractivity contribution in [3.05, 3.63) is 6.33 Å². The molecule has 0 aliphatic heterocycles. The lowest BCUT2D eigenvalue weighted by Gasteiger charge is -2.22. The molecule has 2 aromatic rings. The second kappa shape index (κ2) is 4.96. The van der Waals surface area contributed by atoms with E-state index >= 15 is 0 Å². The minimum atomic E-state index is 0.0690. The number of aromatic nitrogens is 4. The molecule has 0 aromatic carbocycles. The summed E-state index contributed by atoms with van der Waals surface area (Å²) >= 11 is 0. The summed E-state index contributed by atoms with van der Waals surface area (Å²) in [5.41, 5.74) is 6.95. The van der Waals surface area contributed by atoms with E-state index in [4.69, 9.17) is 10.8 Å². The first kappa shape index (κ1) is 11.6. The van der Waals surface area contributed by atoms with Crippen molar-refractivity contribution in [3.8, 4) is 0 Å². The van der Waals surface area contributed by atoms with Gasteiger partial charge in [0.2, 0.25) is 5.95 Å². The van der Waals surface area contributed by atoms with Gasteiger partial charge in [-0.05, 0) is 6.42 Å². The third kappa shape index (κ3) is 2.28. The van der Waals surface area contributed by atoms with Gasteiger partial charge in [0.25, 0.3) is 0 Å². The van der Waals surface area contributed by atoms with Crippen molar-refractivity contribution >= 4 is 22.9 Å². The van der Waals surface area contributed by atoms with E-state index < -0.39 is 0 Å². The number of aliphatic hydroxyl groups is 1. The molecule has 4 N–H and O–H groups in total. The standard InChI is InChI=1S/C10H16N6O/c1-2-3-16(4-5-17)9-7-8(13-6-12-7)14-10(11)15-9/h6,17H,2-5H2,1H3,(H3,11,12,13,14,15). The first-order chi connectivity index (χ1) is 8.26. The fourth-order valence-corrected chi connectivity index (χ4v) is 1.78. The van der Waals surface area contributed by atoms with Crippen molar-refractivity contribution in [1.29, 1.82) is 0 Å². The van der Waals surface area contributed by atoms with Crippen LogP contribution in [0.15, 0.2) is 6.33 Å². The molecule has 0 bridgehead atoms. The predicted molar refractivity (Wildman–Crippen MR) is 65.7 cm³/mol. The summed E-state index contributed by atoms with van der Waals surface area (Å²) in [4.78, 5) is 17.3. The molecule has 2 aromatic heterocycles. The molecular formula is C10H16N6O. The number of nitrogens with zero attached hydrogens (tertiary/aromatic N) is 4. The van der Waals surface area contributed by atoms with Crippen LogP contribution in [0, 0.1) is 0 Å². The number of hydrogen-bond donors (Lipinski definition) is 3. The Morgan fingerprint density at radius 3 is 2.94 bits per heavy atom. The van der Waals surface area contributed by atoms with E-state index in [-0.39, 0.29) is 12.6 Å². The number of nitrogens with one attached hydrogen (secondary N) is 1. The molecule has 7 heteroatoms. The number of nitrogen functional groups attached to an aromatic ring is 1. The third-order valence-electron chi connectivity index (χ3n) is 2.45. The third-order valence-corrected chi connectivity index (χ3v) is 2.45. The van der Waals surface area contributed by atoms with Crippen LogP contribution >= 0.6 is 0 Å². The minimum absolute atomic E-state index is 0.0690. The van der Waals surface area contributed by atoms with Crippen molar-refractivity contribution in [2.24, 2.45) is 0 Å². The van der Waals surface area contributed by atoms with E-state index in [9.17, 15) is 0 Å². The monoisotopic (exact) mass is 236 g/mol. The van der Waals surface area contributed by atoms with Crippen molar-refractivity contribution in [3.63, 3.8) is 0 Å². The summed E-state index contributed by atoms with van der Waals surface area (Å²) in [6.07, 6.45) is 2.52. The molecule has 7 nitrogen and oxygen atoms in total. The van der Waals surface area contributed by atoms with Crippen molar-refractivity contribution < 1.29 is 5.11 Å². The molecule has 0 aliphatic rings. The number of nitrogens with two attached hydrogens (primary N) is 1. The van der Waals surface area contributed by atoms with Crippen molar-refractivity contribution in [2.45, 2.75) is 13.3 Å². The van der Waals surface area contributed by atoms with Gasteiger partial charge in [-0.1, -0.05) is 6.92 Å². The first-order valence-electron chi connectivity index (χ1n) is 5.58. The van der Waals surface area contributed by atoms with Gasteiger partial charge in [0.1, 0.15) is 5.52 Å². The molecule has 0 atom stereocenters.